The molecule has 5 rings (SSSR count). The summed E-state index contributed by atoms with van der Waals surface area (Å²) in [6.07, 6.45) is 6.75. The highest BCUT2D eigenvalue weighted by atomic mass is 19.1. The lowest BCUT2D eigenvalue weighted by Gasteiger charge is -2.11. The predicted octanol–water partition coefficient (Wildman–Crippen LogP) is 3.29. The van der Waals surface area contributed by atoms with E-state index in [1.807, 2.05) is 30.3 Å². The van der Waals surface area contributed by atoms with Gasteiger partial charge in [-0.2, -0.15) is 5.21 Å². The number of hydrogen-bond donors (Lipinski definition) is 2. The number of aromatic nitrogens is 6. The van der Waals surface area contributed by atoms with Gasteiger partial charge < -0.3 is 5.32 Å². The average molecular weight is 417 g/mol. The third-order valence-corrected chi connectivity index (χ3v) is 5.38. The van der Waals surface area contributed by atoms with Gasteiger partial charge >= 0.3 is 0 Å². The van der Waals surface area contributed by atoms with Crippen molar-refractivity contribution in [2.24, 2.45) is 0 Å². The van der Waals surface area contributed by atoms with Crippen molar-refractivity contribution in [3.63, 3.8) is 0 Å². The van der Waals surface area contributed by atoms with Crippen LogP contribution in [-0.2, 0) is 12.8 Å². The maximum absolute atomic E-state index is 14.5. The van der Waals surface area contributed by atoms with Gasteiger partial charge in [0.25, 0.3) is 5.56 Å². The number of H-pyrrole nitrogens is 1. The first-order valence-electron chi connectivity index (χ1n) is 10.1. The van der Waals surface area contributed by atoms with Gasteiger partial charge in [-0.25, -0.2) is 9.37 Å². The van der Waals surface area contributed by atoms with Crippen molar-refractivity contribution < 1.29 is 4.39 Å². The third kappa shape index (κ3) is 4.20. The van der Waals surface area contributed by atoms with Crippen molar-refractivity contribution in [2.75, 3.05) is 5.32 Å². The average Bonchev–Trinajstić information content (AvgIpc) is 3.51. The Morgan fingerprint density at radius 1 is 1.13 bits per heavy atom. The van der Waals surface area contributed by atoms with Crippen LogP contribution in [0, 0.1) is 5.82 Å². The number of aromatic amines is 1. The number of rotatable bonds is 7. The second-order valence-electron chi connectivity index (χ2n) is 7.58. The minimum atomic E-state index is -0.382. The first-order chi connectivity index (χ1) is 15.2. The highest BCUT2D eigenvalue weighted by Crippen LogP contribution is 2.40. The minimum Gasteiger partial charge on any atom is -0.333 e. The third-order valence-electron chi connectivity index (χ3n) is 5.38. The molecule has 0 atom stereocenters. The molecule has 0 unspecified atom stereocenters. The molecule has 0 saturated heterocycles. The van der Waals surface area contributed by atoms with Crippen LogP contribution in [0.1, 0.15) is 35.7 Å². The van der Waals surface area contributed by atoms with Crippen LogP contribution in [-0.4, -0.2) is 30.2 Å². The van der Waals surface area contributed by atoms with Gasteiger partial charge in [0, 0.05) is 24.5 Å². The van der Waals surface area contributed by atoms with Crippen LogP contribution in [0.25, 0.3) is 5.69 Å². The molecule has 2 aromatic carbocycles. The number of halogens is 1. The summed E-state index contributed by atoms with van der Waals surface area (Å²) >= 11 is 0. The normalized spacial score (nSPS) is 13.3. The molecule has 0 aliphatic heterocycles. The maximum Gasteiger partial charge on any atom is 0.298 e. The number of anilines is 2. The van der Waals surface area contributed by atoms with E-state index in [2.05, 4.69) is 30.9 Å². The Morgan fingerprint density at radius 2 is 1.97 bits per heavy atom. The van der Waals surface area contributed by atoms with E-state index in [1.165, 1.54) is 16.8 Å². The van der Waals surface area contributed by atoms with E-state index in [0.717, 1.165) is 30.4 Å². The molecule has 2 aromatic heterocycles. The van der Waals surface area contributed by atoms with Crippen molar-refractivity contribution in [1.82, 2.24) is 30.2 Å². The second kappa shape index (κ2) is 8.10. The number of nitrogens with one attached hydrogen (secondary N) is 2. The van der Waals surface area contributed by atoms with Crippen molar-refractivity contribution in [2.45, 2.75) is 31.6 Å². The summed E-state index contributed by atoms with van der Waals surface area (Å²) in [4.78, 5) is 17.0. The quantitative estimate of drug-likeness (QED) is 0.479. The monoisotopic (exact) mass is 417 g/mol. The molecule has 1 fully saturated rings. The van der Waals surface area contributed by atoms with E-state index in [9.17, 15) is 9.18 Å². The molecule has 0 bridgehead atoms. The summed E-state index contributed by atoms with van der Waals surface area (Å²) in [7, 11) is 0. The van der Waals surface area contributed by atoms with Gasteiger partial charge in [0.1, 0.15) is 5.82 Å². The fourth-order valence-corrected chi connectivity index (χ4v) is 3.50. The Labute approximate surface area is 177 Å². The van der Waals surface area contributed by atoms with E-state index in [-0.39, 0.29) is 22.9 Å². The lowest BCUT2D eigenvalue weighted by atomic mass is 10.1. The molecule has 0 spiro atoms. The Bertz CT molecular complexity index is 1250. The Balaban J connectivity index is 1.34. The van der Waals surface area contributed by atoms with Crippen molar-refractivity contribution in [1.29, 1.82) is 0 Å². The molecule has 0 radical (unpaired) electrons. The summed E-state index contributed by atoms with van der Waals surface area (Å²) in [5.41, 5.74) is 2.67. The van der Waals surface area contributed by atoms with Crippen LogP contribution < -0.4 is 10.9 Å². The SMILES string of the molecule is O=c1c(Nc2ccc(C3CC3)cc2F)nccn1-c1ccc(CCc2nn[nH]n2)cc1. The predicted molar refractivity (Wildman–Crippen MR) is 113 cm³/mol. The second-order valence-corrected chi connectivity index (χ2v) is 7.58. The van der Waals surface area contributed by atoms with Crippen molar-refractivity contribution in [3.8, 4) is 5.69 Å². The van der Waals surface area contributed by atoms with Crippen LogP contribution in [0.15, 0.2) is 59.7 Å². The van der Waals surface area contributed by atoms with Crippen LogP contribution in [0.2, 0.25) is 0 Å². The molecule has 31 heavy (non-hydrogen) atoms. The van der Waals surface area contributed by atoms with Gasteiger partial charge in [-0.05, 0) is 60.6 Å². The number of hydrogen-bond acceptors (Lipinski definition) is 6. The Hall–Kier alpha value is -3.88. The number of aryl methyl sites for hydroxylation is 2. The lowest BCUT2D eigenvalue weighted by Crippen LogP contribution is -2.22. The van der Waals surface area contributed by atoms with Gasteiger partial charge in [-0.15, -0.1) is 10.2 Å². The molecular formula is C22H20FN7O. The fraction of sp³-hybridized carbons (Fsp3) is 0.227. The number of tetrazole rings is 1. The lowest BCUT2D eigenvalue weighted by molar-refractivity contribution is 0.629. The zero-order valence-corrected chi connectivity index (χ0v) is 16.6. The summed E-state index contributed by atoms with van der Waals surface area (Å²) in [6.45, 7) is 0. The van der Waals surface area contributed by atoms with E-state index < -0.39 is 0 Å². The summed E-state index contributed by atoms with van der Waals surface area (Å²) in [5.74, 6) is 0.807. The zero-order valence-electron chi connectivity index (χ0n) is 16.6. The Kier molecular flexibility index (Phi) is 4.99. The molecule has 4 aromatic rings. The standard InChI is InChI=1S/C22H20FN7O/c23-18-13-16(15-4-5-15)6-9-19(18)25-21-22(31)30(12-11-24-21)17-7-1-14(2-8-17)3-10-20-26-28-29-27-20/h1-2,6-9,11-13,15H,3-5,10H2,(H,24,25)(H,26,27,28,29). The van der Waals surface area contributed by atoms with E-state index in [1.54, 1.807) is 12.3 Å². The molecule has 2 N–H and O–H groups in total. The highest BCUT2D eigenvalue weighted by molar-refractivity contribution is 5.57. The zero-order chi connectivity index (χ0) is 21.2. The van der Waals surface area contributed by atoms with Gasteiger partial charge in [0.05, 0.1) is 5.69 Å². The van der Waals surface area contributed by atoms with Crippen LogP contribution in [0.4, 0.5) is 15.9 Å². The molecule has 1 saturated carbocycles. The fourth-order valence-electron chi connectivity index (χ4n) is 3.50. The van der Waals surface area contributed by atoms with Gasteiger partial charge in [-0.3, -0.25) is 9.36 Å². The molecule has 9 heteroatoms. The summed E-state index contributed by atoms with van der Waals surface area (Å²) < 4.78 is 16.0. The van der Waals surface area contributed by atoms with Crippen molar-refractivity contribution in [3.05, 3.63) is 88.0 Å². The molecule has 1 aliphatic carbocycles. The van der Waals surface area contributed by atoms with Gasteiger partial charge in [-0.1, -0.05) is 23.4 Å². The molecule has 1 aliphatic rings. The van der Waals surface area contributed by atoms with Crippen molar-refractivity contribution >= 4 is 11.5 Å². The molecular weight excluding hydrogens is 397 g/mol. The summed E-state index contributed by atoms with van der Waals surface area (Å²) in [5, 5.41) is 16.7. The first-order valence-corrected chi connectivity index (χ1v) is 10.1. The largest absolute Gasteiger partial charge is 0.333 e. The van der Waals surface area contributed by atoms with Gasteiger partial charge in [0.2, 0.25) is 0 Å². The minimum absolute atomic E-state index is 0.0711. The first kappa shape index (κ1) is 19.1. The van der Waals surface area contributed by atoms with Gasteiger partial charge in [0.15, 0.2) is 11.6 Å². The number of benzene rings is 2. The molecule has 2 heterocycles. The highest BCUT2D eigenvalue weighted by Gasteiger charge is 2.24. The maximum atomic E-state index is 14.5. The van der Waals surface area contributed by atoms with E-state index in [0.29, 0.717) is 23.9 Å². The van der Waals surface area contributed by atoms with E-state index in [4.69, 9.17) is 0 Å². The van der Waals surface area contributed by atoms with Crippen LogP contribution >= 0.6 is 0 Å². The van der Waals surface area contributed by atoms with E-state index >= 15 is 0 Å². The Morgan fingerprint density at radius 3 is 2.68 bits per heavy atom. The van der Waals surface area contributed by atoms with Crippen LogP contribution in [0.5, 0.6) is 0 Å². The van der Waals surface area contributed by atoms with Crippen LogP contribution in [0.3, 0.4) is 0 Å². The molecule has 156 valence electrons. The summed E-state index contributed by atoms with van der Waals surface area (Å²) in [6, 6.07) is 12.7. The smallest absolute Gasteiger partial charge is 0.298 e. The molecule has 0 amide bonds. The molecule has 8 nitrogen and oxygen atoms in total. The topological polar surface area (TPSA) is 101 Å². The number of nitrogens with zero attached hydrogens (tertiary/aromatic N) is 5.